The number of phenolic OH excluding ortho intramolecular Hbond substituents is 1. The highest BCUT2D eigenvalue weighted by Gasteiger charge is 2.49. The van der Waals surface area contributed by atoms with Crippen LogP contribution in [0.25, 0.3) is 32.9 Å². The third-order valence-corrected chi connectivity index (χ3v) is 9.96. The number of piperazine rings is 1. The Morgan fingerprint density at radius 2 is 2.09 bits per heavy atom. The van der Waals surface area contributed by atoms with Crippen molar-refractivity contribution in [2.45, 2.75) is 69.2 Å². The first-order chi connectivity index (χ1) is 22.1. The number of benzene rings is 2. The lowest BCUT2D eigenvalue weighted by Crippen LogP contribution is -2.61. The highest BCUT2D eigenvalue weighted by Crippen LogP contribution is 2.42. The first kappa shape index (κ1) is 25.6. The molecule has 0 spiro atoms. The van der Waals surface area contributed by atoms with E-state index in [0.717, 1.165) is 19.4 Å². The largest absolute Gasteiger partial charge is 0.508 e. The number of rotatable bonds is 6. The van der Waals surface area contributed by atoms with Gasteiger partial charge < -0.3 is 20.1 Å². The van der Waals surface area contributed by atoms with Gasteiger partial charge in [-0.15, -0.1) is 0 Å². The Labute approximate surface area is 256 Å². The summed E-state index contributed by atoms with van der Waals surface area (Å²) in [5.74, 6) is -1.00. The van der Waals surface area contributed by atoms with Crippen molar-refractivity contribution >= 4 is 27.5 Å². The van der Waals surface area contributed by atoms with E-state index >= 15 is 4.39 Å². The zero-order valence-corrected chi connectivity index (χ0v) is 24.4. The van der Waals surface area contributed by atoms with E-state index < -0.39 is 29.9 Å². The number of fused-ring (bicyclic) bond motifs is 6. The van der Waals surface area contributed by atoms with Gasteiger partial charge in [-0.2, -0.15) is 9.97 Å². The van der Waals surface area contributed by atoms with Crippen LogP contribution in [0.5, 0.6) is 11.8 Å². The van der Waals surface area contributed by atoms with Crippen LogP contribution in [-0.2, 0) is 6.42 Å². The van der Waals surface area contributed by atoms with E-state index in [9.17, 15) is 13.9 Å². The second kappa shape index (κ2) is 10.4. The number of nitrogens with one attached hydrogen (secondary N) is 1. The SMILES string of the molecule is [2H]C([2H])(Oc1nc(N2CC3CCC2CN3)c2cnc(-c3cc(O)cc4ccc(F)c(CC)c34)c(F)c2n1)[C@@]12CCCN1C[C@H](F)C2. The molecule has 0 amide bonds. The number of phenols is 1. The van der Waals surface area contributed by atoms with Crippen LogP contribution in [0.2, 0.25) is 0 Å². The Hall–Kier alpha value is -3.70. The summed E-state index contributed by atoms with van der Waals surface area (Å²) in [6.07, 6.45) is 3.67. The van der Waals surface area contributed by atoms with Crippen LogP contribution in [0, 0.1) is 11.6 Å². The van der Waals surface area contributed by atoms with Crippen LogP contribution >= 0.6 is 0 Å². The van der Waals surface area contributed by atoms with Gasteiger partial charge in [0.15, 0.2) is 5.82 Å². The third kappa shape index (κ3) is 4.38. The monoisotopic (exact) mass is 606 g/mol. The molecule has 2 aromatic carbocycles. The van der Waals surface area contributed by atoms with Gasteiger partial charge in [-0.05, 0) is 73.2 Å². The lowest BCUT2D eigenvalue weighted by Gasteiger charge is -2.46. The summed E-state index contributed by atoms with van der Waals surface area (Å²) < 4.78 is 70.6. The number of ether oxygens (including phenoxy) is 1. The minimum absolute atomic E-state index is 0.00862. The zero-order valence-electron chi connectivity index (χ0n) is 26.4. The van der Waals surface area contributed by atoms with Gasteiger partial charge in [0.05, 0.1) is 13.7 Å². The molecule has 9 rings (SSSR count). The predicted molar refractivity (Wildman–Crippen MR) is 162 cm³/mol. The number of nitrogens with zero attached hydrogens (tertiary/aromatic N) is 5. The van der Waals surface area contributed by atoms with E-state index in [0.29, 0.717) is 59.9 Å². The summed E-state index contributed by atoms with van der Waals surface area (Å²) in [5.41, 5.74) is -0.857. The number of aromatic hydroxyl groups is 1. The van der Waals surface area contributed by atoms with Gasteiger partial charge >= 0.3 is 6.01 Å². The molecule has 7 heterocycles. The lowest BCUT2D eigenvalue weighted by molar-refractivity contribution is 0.107. The number of alkyl halides is 1. The van der Waals surface area contributed by atoms with Crippen molar-refractivity contribution < 1.29 is 25.8 Å². The second-order valence-corrected chi connectivity index (χ2v) is 12.6. The molecule has 44 heavy (non-hydrogen) atoms. The maximum absolute atomic E-state index is 16.9. The number of pyridine rings is 1. The van der Waals surface area contributed by atoms with E-state index in [1.807, 2.05) is 4.90 Å². The number of anilines is 1. The van der Waals surface area contributed by atoms with Crippen LogP contribution in [0.4, 0.5) is 19.0 Å². The predicted octanol–water partition coefficient (Wildman–Crippen LogP) is 5.29. The minimum Gasteiger partial charge on any atom is -0.508 e. The number of piperidine rings is 2. The highest BCUT2D eigenvalue weighted by atomic mass is 19.1. The van der Waals surface area contributed by atoms with E-state index in [4.69, 9.17) is 12.5 Å². The van der Waals surface area contributed by atoms with Gasteiger partial charge in [0.25, 0.3) is 0 Å². The minimum atomic E-state index is -2.36. The van der Waals surface area contributed by atoms with Gasteiger partial charge in [0, 0.05) is 49.9 Å². The molecule has 11 heteroatoms. The topological polar surface area (TPSA) is 86.6 Å². The van der Waals surface area contributed by atoms with E-state index in [2.05, 4.69) is 20.2 Å². The summed E-state index contributed by atoms with van der Waals surface area (Å²) in [7, 11) is 0. The van der Waals surface area contributed by atoms with Crippen molar-refractivity contribution in [2.24, 2.45) is 0 Å². The van der Waals surface area contributed by atoms with Crippen molar-refractivity contribution in [3.05, 3.63) is 47.7 Å². The molecule has 0 saturated carbocycles. The fraction of sp³-hybridized carbons (Fsp3) is 0.485. The second-order valence-electron chi connectivity index (χ2n) is 12.6. The Bertz CT molecular complexity index is 1870. The molecule has 2 bridgehead atoms. The van der Waals surface area contributed by atoms with Gasteiger partial charge in [-0.1, -0.05) is 13.0 Å². The standard InChI is InChI=1S/C33H35F3N6O2/c1-2-23-26(35)7-4-18-10-22(43)11-24(27(18)23)29-28(36)30-25(14-38-29)31(42-16-20-5-6-21(42)13-37-20)40-32(39-30)44-17-33-8-3-9-41(33)15-19(34)12-33/h4,7,10-11,14,19-21,37,43H,2-3,5-6,8-9,12-13,15-17H2,1H3/t19-,20?,21?,33+/m1/s1/i17D2. The Kier molecular flexibility index (Phi) is 6.08. The van der Waals surface area contributed by atoms with E-state index in [1.165, 1.54) is 30.5 Å². The number of aryl methyl sites for hydroxylation is 1. The molecule has 4 aromatic rings. The number of aromatic nitrogens is 3. The summed E-state index contributed by atoms with van der Waals surface area (Å²) in [6, 6.07) is 5.68. The van der Waals surface area contributed by atoms with Gasteiger partial charge in [0.1, 0.15) is 41.3 Å². The zero-order chi connectivity index (χ0) is 32.0. The number of hydrogen-bond acceptors (Lipinski definition) is 8. The molecule has 4 atom stereocenters. The van der Waals surface area contributed by atoms with Crippen LogP contribution in [0.15, 0.2) is 30.5 Å². The molecule has 5 saturated heterocycles. The summed E-state index contributed by atoms with van der Waals surface area (Å²) in [4.78, 5) is 17.6. The van der Waals surface area contributed by atoms with Crippen LogP contribution < -0.4 is 15.0 Å². The molecule has 0 radical (unpaired) electrons. The Morgan fingerprint density at radius 3 is 2.86 bits per heavy atom. The maximum atomic E-state index is 16.9. The van der Waals surface area contributed by atoms with E-state index in [1.54, 1.807) is 6.92 Å². The maximum Gasteiger partial charge on any atom is 0.319 e. The third-order valence-electron chi connectivity index (χ3n) is 9.96. The van der Waals surface area contributed by atoms with Gasteiger partial charge in [0.2, 0.25) is 0 Å². The fourth-order valence-electron chi connectivity index (χ4n) is 7.87. The van der Waals surface area contributed by atoms with Gasteiger partial charge in [-0.3, -0.25) is 9.88 Å². The molecule has 5 aliphatic heterocycles. The summed E-state index contributed by atoms with van der Waals surface area (Å²) >= 11 is 0. The highest BCUT2D eigenvalue weighted by molar-refractivity contribution is 6.01. The molecule has 5 fully saturated rings. The first-order valence-corrected chi connectivity index (χ1v) is 15.5. The molecule has 2 unspecified atom stereocenters. The molecule has 8 nitrogen and oxygen atoms in total. The number of hydrogen-bond donors (Lipinski definition) is 2. The van der Waals surface area contributed by atoms with Crippen LogP contribution in [0.3, 0.4) is 0 Å². The lowest BCUT2D eigenvalue weighted by atomic mass is 9.92. The van der Waals surface area contributed by atoms with Crippen molar-refractivity contribution in [2.75, 3.05) is 37.6 Å². The molecule has 2 N–H and O–H groups in total. The average molecular weight is 607 g/mol. The number of halogens is 3. The first-order valence-electron chi connectivity index (χ1n) is 16.5. The quantitative estimate of drug-likeness (QED) is 0.307. The molecule has 0 aliphatic carbocycles. The van der Waals surface area contributed by atoms with Crippen LogP contribution in [-0.4, -0.2) is 81.5 Å². The van der Waals surface area contributed by atoms with Crippen LogP contribution in [0.1, 0.15) is 47.3 Å². The molecule has 2 aromatic heterocycles. The Balaban J connectivity index is 1.31. The normalized spacial score (nSPS) is 27.6. The van der Waals surface area contributed by atoms with Crippen molar-refractivity contribution in [3.63, 3.8) is 0 Å². The van der Waals surface area contributed by atoms with Crippen molar-refractivity contribution in [1.29, 1.82) is 0 Å². The smallest absolute Gasteiger partial charge is 0.319 e. The molecular formula is C33H35F3N6O2. The van der Waals surface area contributed by atoms with Gasteiger partial charge in [-0.25, -0.2) is 13.2 Å². The molecule has 5 aliphatic rings. The fourth-order valence-corrected chi connectivity index (χ4v) is 7.87. The molecule has 230 valence electrons. The average Bonchev–Trinajstić information content (AvgIpc) is 3.59. The van der Waals surface area contributed by atoms with Crippen molar-refractivity contribution in [1.82, 2.24) is 25.2 Å². The summed E-state index contributed by atoms with van der Waals surface area (Å²) in [6.45, 7) is 1.48. The van der Waals surface area contributed by atoms with Crippen molar-refractivity contribution in [3.8, 4) is 23.0 Å². The molecular weight excluding hydrogens is 569 g/mol. The van der Waals surface area contributed by atoms with E-state index in [-0.39, 0.29) is 53.6 Å². The Morgan fingerprint density at radius 1 is 1.20 bits per heavy atom. The summed E-state index contributed by atoms with van der Waals surface area (Å²) in [5, 5.41) is 15.4.